The summed E-state index contributed by atoms with van der Waals surface area (Å²) < 4.78 is 5.65. The second kappa shape index (κ2) is 11.0. The standard InChI is InChI=1S/C26H19Cl3N2O5/c1-2-31(36-21-11-10-17(27)14-20(21)29)26(34)23-24(16-7-5-6-15(12-16)13-22(32)33)30-35-25(23)18-8-3-4-9-19(18)28/h3-12,14H,2,13H2,1H3,(H,32,33). The van der Waals surface area contributed by atoms with Gasteiger partial charge in [-0.2, -0.15) is 5.06 Å². The number of halogens is 3. The fourth-order valence-electron chi connectivity index (χ4n) is 3.56. The van der Waals surface area contributed by atoms with Crippen molar-refractivity contribution in [1.82, 2.24) is 10.2 Å². The number of aromatic nitrogens is 1. The van der Waals surface area contributed by atoms with Crippen molar-refractivity contribution in [2.24, 2.45) is 0 Å². The molecule has 1 aromatic heterocycles. The van der Waals surface area contributed by atoms with Crippen molar-refractivity contribution >= 4 is 46.7 Å². The van der Waals surface area contributed by atoms with E-state index in [4.69, 9.17) is 44.2 Å². The van der Waals surface area contributed by atoms with E-state index in [0.29, 0.717) is 26.7 Å². The van der Waals surface area contributed by atoms with Crippen molar-refractivity contribution in [3.63, 3.8) is 0 Å². The van der Waals surface area contributed by atoms with Gasteiger partial charge < -0.3 is 14.5 Å². The number of carbonyl (C=O) groups is 2. The van der Waals surface area contributed by atoms with Gasteiger partial charge in [-0.1, -0.05) is 70.3 Å². The molecule has 1 heterocycles. The normalized spacial score (nSPS) is 10.8. The number of aliphatic carboxylic acids is 1. The molecule has 3 aromatic carbocycles. The van der Waals surface area contributed by atoms with E-state index in [1.807, 2.05) is 0 Å². The lowest BCUT2D eigenvalue weighted by Gasteiger charge is -2.22. The van der Waals surface area contributed by atoms with Gasteiger partial charge in [0.1, 0.15) is 11.3 Å². The molecule has 4 rings (SSSR count). The lowest BCUT2D eigenvalue weighted by atomic mass is 9.99. The number of carboxylic acids is 1. The lowest BCUT2D eigenvalue weighted by Crippen LogP contribution is -2.34. The van der Waals surface area contributed by atoms with Gasteiger partial charge in [0.25, 0.3) is 5.91 Å². The highest BCUT2D eigenvalue weighted by Gasteiger charge is 2.31. The molecule has 0 saturated heterocycles. The molecule has 0 bridgehead atoms. The Hall–Kier alpha value is -3.52. The van der Waals surface area contributed by atoms with Crippen molar-refractivity contribution < 1.29 is 24.1 Å². The van der Waals surface area contributed by atoms with Crippen molar-refractivity contribution in [3.8, 4) is 28.3 Å². The maximum atomic E-state index is 13.9. The first kappa shape index (κ1) is 25.6. The summed E-state index contributed by atoms with van der Waals surface area (Å²) in [4.78, 5) is 30.9. The first-order valence-electron chi connectivity index (χ1n) is 10.8. The van der Waals surface area contributed by atoms with Gasteiger partial charge in [0.15, 0.2) is 11.5 Å². The van der Waals surface area contributed by atoms with E-state index < -0.39 is 11.9 Å². The maximum absolute atomic E-state index is 13.9. The van der Waals surface area contributed by atoms with Crippen LogP contribution < -0.4 is 4.84 Å². The molecule has 0 fully saturated rings. The number of hydrogen-bond acceptors (Lipinski definition) is 5. The molecule has 1 N–H and O–H groups in total. The fraction of sp³-hybridized carbons (Fsp3) is 0.115. The Morgan fingerprint density at radius 1 is 1.00 bits per heavy atom. The van der Waals surface area contributed by atoms with Crippen LogP contribution in [0.25, 0.3) is 22.6 Å². The van der Waals surface area contributed by atoms with Gasteiger partial charge in [0.05, 0.1) is 23.0 Å². The highest BCUT2D eigenvalue weighted by atomic mass is 35.5. The number of carboxylic acid groups (broad SMARTS) is 1. The van der Waals surface area contributed by atoms with Gasteiger partial charge >= 0.3 is 5.97 Å². The molecule has 36 heavy (non-hydrogen) atoms. The van der Waals surface area contributed by atoms with Crippen molar-refractivity contribution in [2.75, 3.05) is 6.54 Å². The molecular weight excluding hydrogens is 527 g/mol. The molecule has 0 aliphatic carbocycles. The third-order valence-electron chi connectivity index (χ3n) is 5.20. The molecule has 184 valence electrons. The highest BCUT2D eigenvalue weighted by Crippen LogP contribution is 2.37. The van der Waals surface area contributed by atoms with E-state index in [-0.39, 0.29) is 40.8 Å². The van der Waals surface area contributed by atoms with Gasteiger partial charge in [-0.15, -0.1) is 0 Å². The number of benzene rings is 3. The summed E-state index contributed by atoms with van der Waals surface area (Å²) in [6.07, 6.45) is -0.189. The van der Waals surface area contributed by atoms with Crippen LogP contribution in [0.1, 0.15) is 22.8 Å². The molecule has 0 saturated carbocycles. The largest absolute Gasteiger partial charge is 0.481 e. The fourth-order valence-corrected chi connectivity index (χ4v) is 4.22. The van der Waals surface area contributed by atoms with E-state index in [1.165, 1.54) is 6.07 Å². The van der Waals surface area contributed by atoms with Crippen molar-refractivity contribution in [2.45, 2.75) is 13.3 Å². The molecule has 1 amide bonds. The monoisotopic (exact) mass is 544 g/mol. The van der Waals surface area contributed by atoms with Gasteiger partial charge in [-0.25, -0.2) is 0 Å². The number of carbonyl (C=O) groups excluding carboxylic acids is 1. The van der Waals surface area contributed by atoms with Crippen LogP contribution in [0.15, 0.2) is 71.3 Å². The third-order valence-corrected chi connectivity index (χ3v) is 6.06. The molecule has 10 heteroatoms. The van der Waals surface area contributed by atoms with Gasteiger partial charge in [0.2, 0.25) is 0 Å². The van der Waals surface area contributed by atoms with Crippen molar-refractivity contribution in [3.05, 3.63) is 92.9 Å². The van der Waals surface area contributed by atoms with Gasteiger partial charge in [-0.05, 0) is 48.9 Å². The average molecular weight is 546 g/mol. The predicted molar refractivity (Wildman–Crippen MR) is 138 cm³/mol. The minimum Gasteiger partial charge on any atom is -0.481 e. The Morgan fingerprint density at radius 2 is 1.78 bits per heavy atom. The van der Waals surface area contributed by atoms with Crippen LogP contribution in [0.3, 0.4) is 0 Å². The third kappa shape index (κ3) is 5.49. The minimum atomic E-state index is -0.981. The first-order chi connectivity index (χ1) is 17.3. The number of hydroxylamine groups is 2. The van der Waals surface area contributed by atoms with E-state index in [2.05, 4.69) is 5.16 Å². The molecular formula is C26H19Cl3N2O5. The Kier molecular flexibility index (Phi) is 7.84. The Morgan fingerprint density at radius 3 is 2.47 bits per heavy atom. The van der Waals surface area contributed by atoms with E-state index in [0.717, 1.165) is 5.06 Å². The minimum absolute atomic E-state index is 0.0995. The summed E-state index contributed by atoms with van der Waals surface area (Å²) in [6.45, 7) is 1.89. The average Bonchev–Trinajstić information content (AvgIpc) is 3.28. The van der Waals surface area contributed by atoms with Crippen LogP contribution in [0, 0.1) is 0 Å². The number of hydrogen-bond donors (Lipinski definition) is 1. The number of nitrogens with zero attached hydrogens (tertiary/aromatic N) is 2. The van der Waals surface area contributed by atoms with Crippen LogP contribution in [0.4, 0.5) is 0 Å². The second-order valence-corrected chi connectivity index (χ2v) is 8.90. The number of rotatable bonds is 8. The van der Waals surface area contributed by atoms with Crippen molar-refractivity contribution in [1.29, 1.82) is 0 Å². The molecule has 0 unspecified atom stereocenters. The zero-order valence-electron chi connectivity index (χ0n) is 18.9. The quantitative estimate of drug-likeness (QED) is 0.238. The molecule has 0 aliphatic rings. The van der Waals surface area contributed by atoms with E-state index in [1.54, 1.807) is 67.6 Å². The van der Waals surface area contributed by atoms with Gasteiger partial charge in [-0.3, -0.25) is 9.59 Å². The predicted octanol–water partition coefficient (Wildman–Crippen LogP) is 7.05. The zero-order valence-corrected chi connectivity index (χ0v) is 21.1. The Labute approximate surface area is 221 Å². The number of amides is 1. The maximum Gasteiger partial charge on any atom is 0.307 e. The van der Waals surface area contributed by atoms with Crippen LogP contribution in [0.2, 0.25) is 15.1 Å². The topological polar surface area (TPSA) is 92.9 Å². The molecule has 7 nitrogen and oxygen atoms in total. The summed E-state index contributed by atoms with van der Waals surface area (Å²) in [7, 11) is 0. The van der Waals surface area contributed by atoms with Crippen LogP contribution in [-0.2, 0) is 11.2 Å². The van der Waals surface area contributed by atoms with Gasteiger partial charge in [0, 0.05) is 16.1 Å². The first-order valence-corrected chi connectivity index (χ1v) is 11.9. The Bertz CT molecular complexity index is 1440. The summed E-state index contributed by atoms with van der Waals surface area (Å²) in [5.74, 6) is -1.16. The molecule has 4 aromatic rings. The summed E-state index contributed by atoms with van der Waals surface area (Å²) in [6, 6.07) is 18.3. The van der Waals surface area contributed by atoms with Crippen LogP contribution in [0.5, 0.6) is 5.75 Å². The van der Waals surface area contributed by atoms with E-state index >= 15 is 0 Å². The van der Waals surface area contributed by atoms with Crippen LogP contribution >= 0.6 is 34.8 Å². The summed E-state index contributed by atoms with van der Waals surface area (Å²) in [5, 5.41) is 15.5. The smallest absolute Gasteiger partial charge is 0.307 e. The second-order valence-electron chi connectivity index (χ2n) is 7.65. The van der Waals surface area contributed by atoms with Crippen LogP contribution in [-0.4, -0.2) is 33.7 Å². The Balaban J connectivity index is 1.83. The zero-order chi connectivity index (χ0) is 25.8. The highest BCUT2D eigenvalue weighted by molar-refractivity contribution is 6.35. The molecule has 0 aliphatic heterocycles. The van der Waals surface area contributed by atoms with E-state index in [9.17, 15) is 14.7 Å². The summed E-state index contributed by atoms with van der Waals surface area (Å²) >= 11 is 18.6. The lowest BCUT2D eigenvalue weighted by molar-refractivity contribution is -0.136. The molecule has 0 spiro atoms. The molecule has 0 atom stereocenters. The summed E-state index contributed by atoms with van der Waals surface area (Å²) in [5.41, 5.74) is 1.81. The molecule has 0 radical (unpaired) electrons. The SMILES string of the molecule is CCN(Oc1ccc(Cl)cc1Cl)C(=O)c1c(-c2cccc(CC(=O)O)c2)noc1-c1ccccc1Cl.